The number of hydrogen-bond acceptors (Lipinski definition) is 1. The lowest BCUT2D eigenvalue weighted by Gasteiger charge is -2.32. The first-order valence-corrected chi connectivity index (χ1v) is 18.8. The average molecular weight is 661 g/mol. The molecule has 6 aromatic carbocycles. The van der Waals surface area contributed by atoms with Gasteiger partial charge in [-0.25, -0.2) is 4.99 Å². The number of rotatable bonds is 4. The quantitative estimate of drug-likeness (QED) is 0.132. The molecule has 1 aromatic heterocycles. The Morgan fingerprint density at radius 1 is 0.784 bits per heavy atom. The number of aliphatic imine (C=N–C) groups is 1. The molecular formula is C49H44N2. The van der Waals surface area contributed by atoms with E-state index >= 15 is 0 Å². The van der Waals surface area contributed by atoms with Gasteiger partial charge in [0.15, 0.2) is 0 Å². The first-order valence-electron chi connectivity index (χ1n) is 18.8. The van der Waals surface area contributed by atoms with Crippen LogP contribution in [0.3, 0.4) is 0 Å². The third-order valence-electron chi connectivity index (χ3n) is 12.7. The Hall–Kier alpha value is -5.21. The van der Waals surface area contributed by atoms with Crippen LogP contribution in [0.1, 0.15) is 55.9 Å². The molecule has 1 heterocycles. The Morgan fingerprint density at radius 2 is 1.57 bits per heavy atom. The molecule has 2 nitrogen and oxygen atoms in total. The van der Waals surface area contributed by atoms with Crippen molar-refractivity contribution >= 4 is 54.9 Å². The molecule has 4 unspecified atom stereocenters. The highest BCUT2D eigenvalue weighted by molar-refractivity contribution is 6.25. The SMILES string of the molecule is CC(=Nc1ccccc1C(C)Cc1ccccc1)n1c2cc3cccc4c3c(c2c2ccc3ccccc3c21)CC12C=CC=CC1C2C(C)(C)C4. The molecule has 2 heteroatoms. The van der Waals surface area contributed by atoms with Crippen LogP contribution in [0.15, 0.2) is 145 Å². The molecule has 0 aliphatic heterocycles. The van der Waals surface area contributed by atoms with Crippen LogP contribution >= 0.6 is 0 Å². The number of hydrogen-bond donors (Lipinski definition) is 0. The standard InChI is InChI=1S/C49H44N2/c1-31(27-33-15-6-5-7-16-33)37-20-10-11-23-42(37)50-32(2)51-43-28-35-18-14-19-36-29-48(3,4)47-41-22-12-13-26-49(41,47)30-40(44(35)36)45(43)39-25-24-34-17-8-9-21-38(34)46(39)51/h5-26,28,31,41,47H,27,29-30H2,1-4H3. The van der Waals surface area contributed by atoms with Crippen LogP contribution < -0.4 is 0 Å². The van der Waals surface area contributed by atoms with E-state index in [0.717, 1.165) is 30.8 Å². The van der Waals surface area contributed by atoms with Gasteiger partial charge in [0.2, 0.25) is 0 Å². The molecule has 1 saturated carbocycles. The van der Waals surface area contributed by atoms with Crippen LogP contribution in [-0.2, 0) is 19.3 Å². The Labute approximate surface area is 300 Å². The Kier molecular flexibility index (Phi) is 6.69. The zero-order chi connectivity index (χ0) is 34.5. The van der Waals surface area contributed by atoms with Crippen molar-refractivity contribution in [3.8, 4) is 0 Å². The maximum absolute atomic E-state index is 5.54. The zero-order valence-electron chi connectivity index (χ0n) is 30.0. The van der Waals surface area contributed by atoms with E-state index in [4.69, 9.17) is 4.99 Å². The molecule has 3 aliphatic rings. The van der Waals surface area contributed by atoms with E-state index in [1.807, 2.05) is 0 Å². The van der Waals surface area contributed by atoms with E-state index in [-0.39, 0.29) is 10.8 Å². The van der Waals surface area contributed by atoms with Crippen molar-refractivity contribution in [2.24, 2.45) is 27.7 Å². The van der Waals surface area contributed by atoms with E-state index < -0.39 is 0 Å². The monoisotopic (exact) mass is 660 g/mol. The Balaban J connectivity index is 1.25. The van der Waals surface area contributed by atoms with Gasteiger partial charge in [-0.2, -0.15) is 0 Å². The minimum atomic E-state index is 0.162. The summed E-state index contributed by atoms with van der Waals surface area (Å²) in [6.45, 7) is 9.57. The zero-order valence-corrected chi connectivity index (χ0v) is 30.0. The molecular weight excluding hydrogens is 617 g/mol. The minimum absolute atomic E-state index is 0.162. The summed E-state index contributed by atoms with van der Waals surface area (Å²) in [6.07, 6.45) is 12.8. The molecule has 0 bridgehead atoms. The summed E-state index contributed by atoms with van der Waals surface area (Å²) >= 11 is 0. The van der Waals surface area contributed by atoms with E-state index in [0.29, 0.717) is 17.8 Å². The van der Waals surface area contributed by atoms with Crippen molar-refractivity contribution in [1.82, 2.24) is 4.57 Å². The highest BCUT2D eigenvalue weighted by atomic mass is 15.1. The summed E-state index contributed by atoms with van der Waals surface area (Å²) in [6, 6.07) is 42.7. The first-order chi connectivity index (χ1) is 24.8. The fourth-order valence-electron chi connectivity index (χ4n) is 10.7. The summed E-state index contributed by atoms with van der Waals surface area (Å²) in [7, 11) is 0. The number of fused-ring (bicyclic) bond motifs is 7. The fourth-order valence-corrected chi connectivity index (χ4v) is 10.7. The molecule has 3 aliphatic carbocycles. The van der Waals surface area contributed by atoms with Crippen molar-refractivity contribution in [3.63, 3.8) is 0 Å². The van der Waals surface area contributed by atoms with E-state index in [2.05, 4.69) is 172 Å². The van der Waals surface area contributed by atoms with Gasteiger partial charge in [0.1, 0.15) is 5.84 Å². The van der Waals surface area contributed by atoms with Crippen LogP contribution in [-0.4, -0.2) is 10.4 Å². The number of benzene rings is 6. The predicted octanol–water partition coefficient (Wildman–Crippen LogP) is 12.5. The maximum atomic E-state index is 5.54. The third kappa shape index (κ3) is 4.58. The second kappa shape index (κ2) is 11.1. The van der Waals surface area contributed by atoms with Crippen LogP contribution in [0.2, 0.25) is 0 Å². The van der Waals surface area contributed by atoms with Gasteiger partial charge in [-0.3, -0.25) is 4.57 Å². The van der Waals surface area contributed by atoms with Crippen molar-refractivity contribution < 1.29 is 0 Å². The number of allylic oxidation sites excluding steroid dienone is 4. The summed E-state index contributed by atoms with van der Waals surface area (Å²) in [4.78, 5) is 5.54. The minimum Gasteiger partial charge on any atom is -0.297 e. The van der Waals surface area contributed by atoms with Gasteiger partial charge in [-0.1, -0.05) is 148 Å². The fraction of sp³-hybridized carbons (Fsp3) is 0.245. The number of aromatic nitrogens is 1. The summed E-state index contributed by atoms with van der Waals surface area (Å²) < 4.78 is 2.49. The molecule has 51 heavy (non-hydrogen) atoms. The average Bonchev–Trinajstić information content (AvgIpc) is 3.69. The van der Waals surface area contributed by atoms with Crippen LogP contribution in [0.25, 0.3) is 43.4 Å². The van der Waals surface area contributed by atoms with E-state index in [9.17, 15) is 0 Å². The van der Waals surface area contributed by atoms with Crippen molar-refractivity contribution in [1.29, 1.82) is 0 Å². The van der Waals surface area contributed by atoms with Gasteiger partial charge >= 0.3 is 0 Å². The lowest BCUT2D eigenvalue weighted by atomic mass is 9.72. The lowest BCUT2D eigenvalue weighted by molar-refractivity contribution is 0.265. The molecule has 7 aromatic rings. The van der Waals surface area contributed by atoms with Gasteiger partial charge in [-0.05, 0) is 99.9 Å². The van der Waals surface area contributed by atoms with Gasteiger partial charge in [0, 0.05) is 21.6 Å². The second-order valence-electron chi connectivity index (χ2n) is 16.3. The van der Waals surface area contributed by atoms with Crippen molar-refractivity contribution in [3.05, 3.63) is 162 Å². The largest absolute Gasteiger partial charge is 0.297 e. The smallest absolute Gasteiger partial charge is 0.111 e. The molecule has 250 valence electrons. The normalized spacial score (nSPS) is 22.5. The molecule has 1 spiro atoms. The molecule has 0 amide bonds. The maximum Gasteiger partial charge on any atom is 0.111 e. The first kappa shape index (κ1) is 30.6. The third-order valence-corrected chi connectivity index (χ3v) is 12.7. The van der Waals surface area contributed by atoms with Crippen molar-refractivity contribution in [2.45, 2.75) is 52.9 Å². The molecule has 0 radical (unpaired) electrons. The van der Waals surface area contributed by atoms with Crippen molar-refractivity contribution in [2.75, 3.05) is 0 Å². The number of para-hydroxylation sites is 1. The lowest BCUT2D eigenvalue weighted by Crippen LogP contribution is -2.25. The van der Waals surface area contributed by atoms with E-state index in [1.54, 1.807) is 0 Å². The second-order valence-corrected chi connectivity index (χ2v) is 16.3. The highest BCUT2D eigenvalue weighted by Crippen LogP contribution is 2.71. The molecule has 4 atom stereocenters. The van der Waals surface area contributed by atoms with Crippen LogP contribution in [0.4, 0.5) is 5.69 Å². The van der Waals surface area contributed by atoms with Gasteiger partial charge < -0.3 is 0 Å². The summed E-state index contributed by atoms with van der Waals surface area (Å²) in [5.41, 5.74) is 9.60. The van der Waals surface area contributed by atoms with Crippen LogP contribution in [0.5, 0.6) is 0 Å². The highest BCUT2D eigenvalue weighted by Gasteiger charge is 2.67. The van der Waals surface area contributed by atoms with Gasteiger partial charge in [0.25, 0.3) is 0 Å². The predicted molar refractivity (Wildman–Crippen MR) is 217 cm³/mol. The van der Waals surface area contributed by atoms with Crippen LogP contribution in [0, 0.1) is 22.7 Å². The van der Waals surface area contributed by atoms with Gasteiger partial charge in [-0.15, -0.1) is 0 Å². The summed E-state index contributed by atoms with van der Waals surface area (Å²) in [5, 5.41) is 8.08. The Bertz CT molecular complexity index is 2630. The molecule has 1 fully saturated rings. The molecule has 0 N–H and O–H groups in total. The summed E-state index contributed by atoms with van der Waals surface area (Å²) in [5.74, 6) is 2.55. The topological polar surface area (TPSA) is 17.3 Å². The van der Waals surface area contributed by atoms with E-state index in [1.165, 1.54) is 65.6 Å². The van der Waals surface area contributed by atoms with Gasteiger partial charge in [0.05, 0.1) is 16.7 Å². The molecule has 10 rings (SSSR count). The number of nitrogens with zero attached hydrogens (tertiary/aromatic N) is 2. The molecule has 0 saturated heterocycles. The Morgan fingerprint density at radius 3 is 2.45 bits per heavy atom.